The number of aryl methyl sites for hydroxylation is 1. The lowest BCUT2D eigenvalue weighted by atomic mass is 9.88. The van der Waals surface area contributed by atoms with E-state index in [-0.39, 0.29) is 17.9 Å². The summed E-state index contributed by atoms with van der Waals surface area (Å²) in [7, 11) is 1.86. The molecule has 2 aliphatic heterocycles. The molecule has 0 aliphatic carbocycles. The fourth-order valence-electron chi connectivity index (χ4n) is 4.04. The van der Waals surface area contributed by atoms with E-state index in [1.54, 1.807) is 17.8 Å². The zero-order valence-corrected chi connectivity index (χ0v) is 15.4. The number of aromatic nitrogens is 2. The summed E-state index contributed by atoms with van der Waals surface area (Å²) >= 11 is 0. The molecule has 3 heterocycles. The molecule has 0 bridgehead atoms. The molecule has 1 N–H and O–H groups in total. The maximum Gasteiger partial charge on any atom is 0.244 e. The number of rotatable bonds is 4. The van der Waals surface area contributed by atoms with Crippen LogP contribution in [0.3, 0.4) is 0 Å². The van der Waals surface area contributed by atoms with E-state index in [0.29, 0.717) is 12.0 Å². The topological polar surface area (TPSA) is 70.5 Å². The smallest absolute Gasteiger partial charge is 0.244 e. The normalized spacial score (nSPS) is 27.6. The Morgan fingerprint density at radius 1 is 1.36 bits per heavy atom. The Morgan fingerprint density at radius 3 is 2.80 bits per heavy atom. The summed E-state index contributed by atoms with van der Waals surface area (Å²) in [6, 6.07) is 0.153. The van der Waals surface area contributed by atoms with Crippen LogP contribution in [0.25, 0.3) is 0 Å². The van der Waals surface area contributed by atoms with E-state index in [0.717, 1.165) is 51.0 Å². The quantitative estimate of drug-likeness (QED) is 0.887. The van der Waals surface area contributed by atoms with E-state index >= 15 is 0 Å². The second-order valence-electron chi connectivity index (χ2n) is 7.25. The summed E-state index contributed by atoms with van der Waals surface area (Å²) in [5.41, 5.74) is 0.873. The maximum absolute atomic E-state index is 12.9. The SMILES string of the molecule is CC[C@@H]1CN(C(C)=O)CC[C@H]1N[C@@H]1CCCN(c2cnn(C)c2)C1=O. The molecule has 2 saturated heterocycles. The second-order valence-corrected chi connectivity index (χ2v) is 7.25. The number of hydrogen-bond donors (Lipinski definition) is 1. The molecule has 3 rings (SSSR count). The molecule has 2 aliphatic rings. The van der Waals surface area contributed by atoms with E-state index in [2.05, 4.69) is 17.3 Å². The zero-order valence-electron chi connectivity index (χ0n) is 15.4. The number of anilines is 1. The van der Waals surface area contributed by atoms with Gasteiger partial charge in [0.25, 0.3) is 0 Å². The van der Waals surface area contributed by atoms with Crippen molar-refractivity contribution in [3.05, 3.63) is 12.4 Å². The van der Waals surface area contributed by atoms with E-state index < -0.39 is 0 Å². The maximum atomic E-state index is 12.9. The van der Waals surface area contributed by atoms with Gasteiger partial charge in [-0.15, -0.1) is 0 Å². The van der Waals surface area contributed by atoms with Crippen molar-refractivity contribution in [3.63, 3.8) is 0 Å². The summed E-state index contributed by atoms with van der Waals surface area (Å²) in [6.07, 6.45) is 7.42. The highest BCUT2D eigenvalue weighted by molar-refractivity contribution is 5.97. The Kier molecular flexibility index (Phi) is 5.42. The van der Waals surface area contributed by atoms with Crippen LogP contribution in [0, 0.1) is 5.92 Å². The van der Waals surface area contributed by atoms with Gasteiger partial charge >= 0.3 is 0 Å². The van der Waals surface area contributed by atoms with Crippen molar-refractivity contribution in [1.29, 1.82) is 0 Å². The standard InChI is InChI=1S/C18H29N5O2/c1-4-14-11-22(13(2)24)9-7-16(14)20-17-6-5-8-23(18(17)25)15-10-19-21(3)12-15/h10,12,14,16-17,20H,4-9,11H2,1-3H3/t14-,16-,17-/m1/s1. The Balaban J connectivity index is 1.65. The molecular formula is C18H29N5O2. The van der Waals surface area contributed by atoms with Crippen LogP contribution in [0.1, 0.15) is 39.5 Å². The highest BCUT2D eigenvalue weighted by Gasteiger charge is 2.35. The number of carbonyl (C=O) groups is 2. The minimum Gasteiger partial charge on any atom is -0.343 e. The number of carbonyl (C=O) groups excluding carboxylic acids is 2. The van der Waals surface area contributed by atoms with Crippen LogP contribution in [0.15, 0.2) is 12.4 Å². The molecule has 0 unspecified atom stereocenters. The van der Waals surface area contributed by atoms with Gasteiger partial charge in [-0.25, -0.2) is 0 Å². The average Bonchev–Trinajstić information content (AvgIpc) is 3.03. The van der Waals surface area contributed by atoms with Crippen LogP contribution in [0.5, 0.6) is 0 Å². The van der Waals surface area contributed by atoms with Crippen LogP contribution in [0.2, 0.25) is 0 Å². The average molecular weight is 347 g/mol. The van der Waals surface area contributed by atoms with Gasteiger partial charge < -0.3 is 15.1 Å². The fraction of sp³-hybridized carbons (Fsp3) is 0.722. The number of piperidine rings is 2. The van der Waals surface area contributed by atoms with Crippen molar-refractivity contribution in [3.8, 4) is 0 Å². The summed E-state index contributed by atoms with van der Waals surface area (Å²) in [6.45, 7) is 6.11. The molecule has 7 heteroatoms. The second kappa shape index (κ2) is 7.56. The lowest BCUT2D eigenvalue weighted by Gasteiger charge is -2.41. The molecule has 0 spiro atoms. The van der Waals surface area contributed by atoms with Crippen molar-refractivity contribution >= 4 is 17.5 Å². The molecule has 2 amide bonds. The van der Waals surface area contributed by atoms with Crippen molar-refractivity contribution in [2.24, 2.45) is 13.0 Å². The van der Waals surface area contributed by atoms with E-state index in [1.807, 2.05) is 23.0 Å². The van der Waals surface area contributed by atoms with Crippen molar-refractivity contribution in [2.75, 3.05) is 24.5 Å². The molecule has 7 nitrogen and oxygen atoms in total. The van der Waals surface area contributed by atoms with Crippen LogP contribution < -0.4 is 10.2 Å². The third kappa shape index (κ3) is 3.86. The predicted molar refractivity (Wildman–Crippen MR) is 96.2 cm³/mol. The molecule has 0 aromatic carbocycles. The summed E-state index contributed by atoms with van der Waals surface area (Å²) in [4.78, 5) is 28.4. The van der Waals surface area contributed by atoms with Crippen LogP contribution in [-0.2, 0) is 16.6 Å². The first-order chi connectivity index (χ1) is 12.0. The van der Waals surface area contributed by atoms with Gasteiger partial charge in [0.2, 0.25) is 11.8 Å². The van der Waals surface area contributed by atoms with Gasteiger partial charge in [0.05, 0.1) is 17.9 Å². The Labute approximate surface area is 149 Å². The van der Waals surface area contributed by atoms with Gasteiger partial charge in [0.15, 0.2) is 0 Å². The first-order valence-electron chi connectivity index (χ1n) is 9.31. The third-order valence-electron chi connectivity index (χ3n) is 5.56. The minimum atomic E-state index is -0.142. The number of likely N-dealkylation sites (tertiary alicyclic amines) is 1. The zero-order chi connectivity index (χ0) is 18.0. The monoisotopic (exact) mass is 347 g/mol. The van der Waals surface area contributed by atoms with Gasteiger partial charge in [-0.3, -0.25) is 14.3 Å². The molecule has 2 fully saturated rings. The van der Waals surface area contributed by atoms with E-state index in [4.69, 9.17) is 0 Å². The van der Waals surface area contributed by atoms with Gasteiger partial charge in [-0.2, -0.15) is 5.10 Å². The summed E-state index contributed by atoms with van der Waals surface area (Å²) in [5, 5.41) is 7.80. The van der Waals surface area contributed by atoms with Gasteiger partial charge in [0, 0.05) is 45.8 Å². The highest BCUT2D eigenvalue weighted by Crippen LogP contribution is 2.24. The van der Waals surface area contributed by atoms with Crippen LogP contribution >= 0.6 is 0 Å². The third-order valence-corrected chi connectivity index (χ3v) is 5.56. The Morgan fingerprint density at radius 2 is 2.16 bits per heavy atom. The predicted octanol–water partition coefficient (Wildman–Crippen LogP) is 1.15. The van der Waals surface area contributed by atoms with Gasteiger partial charge in [0.1, 0.15) is 0 Å². The van der Waals surface area contributed by atoms with Crippen molar-refractivity contribution in [2.45, 2.75) is 51.6 Å². The molecule has 0 radical (unpaired) electrons. The van der Waals surface area contributed by atoms with E-state index in [9.17, 15) is 9.59 Å². The lowest BCUT2D eigenvalue weighted by molar-refractivity contribution is -0.131. The van der Waals surface area contributed by atoms with Crippen molar-refractivity contribution in [1.82, 2.24) is 20.0 Å². The first-order valence-corrected chi connectivity index (χ1v) is 9.31. The fourth-order valence-corrected chi connectivity index (χ4v) is 4.04. The first kappa shape index (κ1) is 17.9. The molecule has 138 valence electrons. The van der Waals surface area contributed by atoms with E-state index in [1.165, 1.54) is 0 Å². The molecular weight excluding hydrogens is 318 g/mol. The molecule has 0 saturated carbocycles. The number of hydrogen-bond acceptors (Lipinski definition) is 4. The molecule has 3 atom stereocenters. The molecule has 1 aromatic rings. The number of nitrogens with one attached hydrogen (secondary N) is 1. The highest BCUT2D eigenvalue weighted by atomic mass is 16.2. The lowest BCUT2D eigenvalue weighted by Crippen LogP contribution is -2.58. The largest absolute Gasteiger partial charge is 0.343 e. The van der Waals surface area contributed by atoms with Crippen LogP contribution in [0.4, 0.5) is 5.69 Å². The van der Waals surface area contributed by atoms with Crippen LogP contribution in [-0.4, -0.2) is 58.2 Å². The number of amides is 2. The summed E-state index contributed by atoms with van der Waals surface area (Å²) < 4.78 is 1.73. The van der Waals surface area contributed by atoms with Gasteiger partial charge in [-0.05, 0) is 25.2 Å². The Hall–Kier alpha value is -1.89. The molecule has 25 heavy (non-hydrogen) atoms. The molecule has 1 aromatic heterocycles. The van der Waals surface area contributed by atoms with Gasteiger partial charge in [-0.1, -0.05) is 13.3 Å². The summed E-state index contributed by atoms with van der Waals surface area (Å²) in [5.74, 6) is 0.690. The number of nitrogens with zero attached hydrogens (tertiary/aromatic N) is 4. The van der Waals surface area contributed by atoms with Crippen molar-refractivity contribution < 1.29 is 9.59 Å². The Bertz CT molecular complexity index is 629. The minimum absolute atomic E-state index is 0.142.